The molecular formula is C23H22N4O3S. The summed E-state index contributed by atoms with van der Waals surface area (Å²) in [5.41, 5.74) is 7.04. The summed E-state index contributed by atoms with van der Waals surface area (Å²) in [6.07, 6.45) is 7.92. The van der Waals surface area contributed by atoms with Crippen molar-refractivity contribution in [2.45, 2.75) is 4.90 Å². The van der Waals surface area contributed by atoms with E-state index in [0.717, 1.165) is 49.7 Å². The van der Waals surface area contributed by atoms with Crippen molar-refractivity contribution < 1.29 is 12.5 Å². The number of aromatic nitrogens is 4. The van der Waals surface area contributed by atoms with Crippen LogP contribution in [0.5, 0.6) is 0 Å². The largest absolute Gasteiger partial charge is 0.355 e. The number of fused-ring (bicyclic) bond motifs is 8. The van der Waals surface area contributed by atoms with Crippen LogP contribution in [0.25, 0.3) is 46.4 Å². The van der Waals surface area contributed by atoms with Crippen molar-refractivity contribution in [3.8, 4) is 0 Å². The second-order valence-electron chi connectivity index (χ2n) is 6.99. The highest BCUT2D eigenvalue weighted by atomic mass is 32.3. The van der Waals surface area contributed by atoms with Gasteiger partial charge in [-0.15, -0.1) is 0 Å². The predicted octanol–water partition coefficient (Wildman–Crippen LogP) is 5.50. The molecule has 2 aliphatic rings. The first kappa shape index (κ1) is 19.8. The summed E-state index contributed by atoms with van der Waals surface area (Å²) < 4.78 is 17.1. The summed E-state index contributed by atoms with van der Waals surface area (Å²) in [4.78, 5) is 17.0. The van der Waals surface area contributed by atoms with Crippen molar-refractivity contribution in [3.63, 3.8) is 0 Å². The Morgan fingerprint density at radius 1 is 0.613 bits per heavy atom. The van der Waals surface area contributed by atoms with E-state index in [1.807, 2.05) is 66.8 Å². The number of nitrogens with one attached hydrogen (secondary N) is 2. The molecule has 0 spiro atoms. The summed E-state index contributed by atoms with van der Waals surface area (Å²) in [5.74, 6) is 0. The summed E-state index contributed by atoms with van der Waals surface area (Å²) in [6.45, 7) is 0. The van der Waals surface area contributed by atoms with Crippen LogP contribution >= 0.6 is 10.9 Å². The highest BCUT2D eigenvalue weighted by molar-refractivity contribution is 8.22. The lowest BCUT2D eigenvalue weighted by atomic mass is 10.3. The van der Waals surface area contributed by atoms with Gasteiger partial charge in [0.15, 0.2) is 0 Å². The summed E-state index contributed by atoms with van der Waals surface area (Å²) in [5, 5.41) is 0. The smallest absolute Gasteiger partial charge is 0.122 e. The van der Waals surface area contributed by atoms with Crippen LogP contribution in [0.3, 0.4) is 0 Å². The number of nitrogens with zero attached hydrogens (tertiary/aromatic N) is 2. The fraction of sp³-hybridized carbons (Fsp3) is 0.130. The molecule has 0 saturated heterocycles. The van der Waals surface area contributed by atoms with Gasteiger partial charge < -0.3 is 9.97 Å². The zero-order valence-corrected chi connectivity index (χ0v) is 18.2. The Hall–Kier alpha value is -3.17. The van der Waals surface area contributed by atoms with Crippen molar-refractivity contribution in [2.24, 2.45) is 0 Å². The lowest BCUT2D eigenvalue weighted by Crippen LogP contribution is -2.06. The fourth-order valence-electron chi connectivity index (χ4n) is 3.67. The number of rotatable bonds is 4. The minimum atomic E-state index is -2.38. The molecule has 5 rings (SSSR count). The Morgan fingerprint density at radius 2 is 1.16 bits per heavy atom. The van der Waals surface area contributed by atoms with Crippen LogP contribution in [-0.4, -0.2) is 41.3 Å². The van der Waals surface area contributed by atoms with E-state index in [-0.39, 0.29) is 0 Å². The van der Waals surface area contributed by atoms with Crippen molar-refractivity contribution in [3.05, 3.63) is 65.2 Å². The van der Waals surface area contributed by atoms with Crippen molar-refractivity contribution in [1.82, 2.24) is 19.9 Å². The Bertz CT molecular complexity index is 1360. The van der Waals surface area contributed by atoms with Gasteiger partial charge in [-0.3, -0.25) is 12.5 Å². The molecule has 2 N–H and O–H groups in total. The first-order valence-electron chi connectivity index (χ1n) is 9.69. The second-order valence-corrected chi connectivity index (χ2v) is 9.34. The van der Waals surface area contributed by atoms with Crippen LogP contribution in [0, 0.1) is 0 Å². The zero-order valence-electron chi connectivity index (χ0n) is 17.4. The molecule has 0 fully saturated rings. The molecule has 158 valence electrons. The van der Waals surface area contributed by atoms with Gasteiger partial charge in [0.05, 0.1) is 54.5 Å². The van der Waals surface area contributed by atoms with Crippen LogP contribution < -0.4 is 0 Å². The highest BCUT2D eigenvalue weighted by Gasteiger charge is 2.29. The van der Waals surface area contributed by atoms with Crippen molar-refractivity contribution in [1.29, 1.82) is 0 Å². The molecule has 3 aromatic rings. The standard InChI is InChI=1S/C23H22N4O3S/c1-28-31(29-2,30-3)23-14-21-12-19-7-6-17(25-19)10-15-4-5-16(24-15)11-18-8-9-20(26-18)13-22(23)27-21/h4-14,25,27H,1-3H3. The van der Waals surface area contributed by atoms with Crippen LogP contribution in [-0.2, 0) is 12.5 Å². The highest BCUT2D eigenvalue weighted by Crippen LogP contribution is 2.58. The van der Waals surface area contributed by atoms with Gasteiger partial charge in [0.1, 0.15) is 10.9 Å². The first-order valence-corrected chi connectivity index (χ1v) is 11.1. The average molecular weight is 435 g/mol. The van der Waals surface area contributed by atoms with Crippen LogP contribution in [0.2, 0.25) is 0 Å². The lowest BCUT2D eigenvalue weighted by Gasteiger charge is -2.32. The average Bonchev–Trinajstić information content (AvgIpc) is 3.55. The fourth-order valence-corrected chi connectivity index (χ4v) is 5.27. The van der Waals surface area contributed by atoms with E-state index in [0.29, 0.717) is 0 Å². The molecule has 8 bridgehead atoms. The third-order valence-corrected chi connectivity index (χ3v) is 7.25. The van der Waals surface area contributed by atoms with Crippen LogP contribution in [0.1, 0.15) is 22.8 Å². The molecule has 2 aliphatic heterocycles. The maximum absolute atomic E-state index is 5.69. The minimum Gasteiger partial charge on any atom is -0.355 e. The van der Waals surface area contributed by atoms with Gasteiger partial charge in [0, 0.05) is 16.6 Å². The van der Waals surface area contributed by atoms with Gasteiger partial charge in [-0.25, -0.2) is 9.97 Å². The summed E-state index contributed by atoms with van der Waals surface area (Å²) in [7, 11) is 2.37. The SMILES string of the molecule is COS(OC)(OC)c1cc2cc3ccc(cc4nc(cc5nc(cc1[nH]2)C=C5)C=C4)[nH]3. The van der Waals surface area contributed by atoms with Crippen molar-refractivity contribution >= 4 is 57.2 Å². The molecule has 31 heavy (non-hydrogen) atoms. The minimum absolute atomic E-state index is 0.796. The molecule has 7 nitrogen and oxygen atoms in total. The van der Waals surface area contributed by atoms with E-state index in [4.69, 9.17) is 17.5 Å². The van der Waals surface area contributed by atoms with Gasteiger partial charge >= 0.3 is 0 Å². The number of H-pyrrole nitrogens is 2. The van der Waals surface area contributed by atoms with Gasteiger partial charge in [-0.05, 0) is 66.8 Å². The summed E-state index contributed by atoms with van der Waals surface area (Å²) >= 11 is 0. The van der Waals surface area contributed by atoms with E-state index in [1.165, 1.54) is 0 Å². The normalized spacial score (nSPS) is 13.6. The molecule has 0 unspecified atom stereocenters. The Balaban J connectivity index is 1.85. The van der Waals surface area contributed by atoms with Crippen LogP contribution in [0.15, 0.2) is 47.4 Å². The Kier molecular flexibility index (Phi) is 4.99. The third-order valence-electron chi connectivity index (χ3n) is 5.06. The molecule has 8 heteroatoms. The number of hydrogen-bond acceptors (Lipinski definition) is 5. The topological polar surface area (TPSA) is 85.0 Å². The van der Waals surface area contributed by atoms with Crippen molar-refractivity contribution in [2.75, 3.05) is 21.3 Å². The Morgan fingerprint density at radius 3 is 1.77 bits per heavy atom. The van der Waals surface area contributed by atoms with E-state index in [1.54, 1.807) is 21.3 Å². The van der Waals surface area contributed by atoms with E-state index < -0.39 is 10.9 Å². The molecular weight excluding hydrogens is 412 g/mol. The zero-order chi connectivity index (χ0) is 21.4. The van der Waals surface area contributed by atoms with Gasteiger partial charge in [-0.2, -0.15) is 0 Å². The number of aromatic amines is 2. The van der Waals surface area contributed by atoms with Gasteiger partial charge in [0.25, 0.3) is 0 Å². The molecule has 0 atom stereocenters. The number of hydrogen-bond donors (Lipinski definition) is 2. The molecule has 0 aromatic carbocycles. The molecule has 0 amide bonds. The van der Waals surface area contributed by atoms with Gasteiger partial charge in [-0.1, -0.05) is 0 Å². The van der Waals surface area contributed by atoms with E-state index in [9.17, 15) is 0 Å². The van der Waals surface area contributed by atoms with Crippen LogP contribution in [0.4, 0.5) is 0 Å². The van der Waals surface area contributed by atoms with Gasteiger partial charge in [0.2, 0.25) is 0 Å². The summed E-state index contributed by atoms with van der Waals surface area (Å²) in [6, 6.07) is 14.0. The third kappa shape index (κ3) is 3.70. The molecule has 0 aliphatic carbocycles. The second kappa shape index (κ2) is 7.82. The monoisotopic (exact) mass is 434 g/mol. The van der Waals surface area contributed by atoms with E-state index in [2.05, 4.69) is 15.0 Å². The molecule has 3 aromatic heterocycles. The molecule has 0 saturated carbocycles. The van der Waals surface area contributed by atoms with E-state index >= 15 is 0 Å². The Labute approximate surface area is 181 Å². The first-order chi connectivity index (χ1) is 15.1. The maximum Gasteiger partial charge on any atom is 0.122 e. The lowest BCUT2D eigenvalue weighted by molar-refractivity contribution is 0.249. The molecule has 5 heterocycles. The molecule has 0 radical (unpaired) electrons. The maximum atomic E-state index is 5.69. The quantitative estimate of drug-likeness (QED) is 0.390. The predicted molar refractivity (Wildman–Crippen MR) is 126 cm³/mol.